The molecule has 0 bridgehead atoms. The van der Waals surface area contributed by atoms with E-state index < -0.39 is 0 Å². The molecule has 4 heteroatoms. The Morgan fingerprint density at radius 3 is 1.76 bits per heavy atom. The molecule has 2 N–H and O–H groups in total. The van der Waals surface area contributed by atoms with Gasteiger partial charge in [-0.25, -0.2) is 0 Å². The fourth-order valence-corrected chi connectivity index (χ4v) is 2.33. The first-order valence-corrected chi connectivity index (χ1v) is 8.05. The van der Waals surface area contributed by atoms with Gasteiger partial charge in [-0.05, 0) is 53.1 Å². The lowest BCUT2D eigenvalue weighted by atomic mass is 10.2. The van der Waals surface area contributed by atoms with Crippen molar-refractivity contribution < 1.29 is 9.47 Å². The first-order valence-electron chi connectivity index (χ1n) is 8.05. The highest BCUT2D eigenvalue weighted by molar-refractivity contribution is 5.79. The Morgan fingerprint density at radius 2 is 1.20 bits per heavy atom. The van der Waals surface area contributed by atoms with Gasteiger partial charge >= 0.3 is 0 Å². The van der Waals surface area contributed by atoms with Crippen molar-refractivity contribution in [3.63, 3.8) is 0 Å². The van der Waals surface area contributed by atoms with Gasteiger partial charge in [0.2, 0.25) is 0 Å². The van der Waals surface area contributed by atoms with Gasteiger partial charge in [-0.15, -0.1) is 0 Å². The summed E-state index contributed by atoms with van der Waals surface area (Å²) in [5, 5.41) is 3.49. The summed E-state index contributed by atoms with van der Waals surface area (Å²) in [5.41, 5.74) is 3.17. The molecule has 0 unspecified atom stereocenters. The van der Waals surface area contributed by atoms with E-state index >= 15 is 0 Å². The van der Waals surface area contributed by atoms with E-state index in [9.17, 15) is 0 Å². The van der Waals surface area contributed by atoms with Crippen molar-refractivity contribution in [2.24, 2.45) is 10.9 Å². The van der Waals surface area contributed by atoms with Crippen LogP contribution in [0.25, 0.3) is 0 Å². The topological polar surface area (TPSA) is 56.8 Å². The maximum absolute atomic E-state index is 5.78. The zero-order valence-corrected chi connectivity index (χ0v) is 13.8. The van der Waals surface area contributed by atoms with Gasteiger partial charge in [0.05, 0.1) is 6.21 Å². The van der Waals surface area contributed by atoms with E-state index in [1.165, 1.54) is 0 Å². The summed E-state index contributed by atoms with van der Waals surface area (Å²) in [4.78, 5) is 0. The van der Waals surface area contributed by atoms with Gasteiger partial charge < -0.3 is 15.3 Å². The number of ether oxygens (including phenoxy) is 2. The van der Waals surface area contributed by atoms with E-state index in [1.54, 1.807) is 6.21 Å². The first-order chi connectivity index (χ1) is 12.3. The molecule has 3 rings (SSSR count). The third-order valence-corrected chi connectivity index (χ3v) is 3.68. The average molecular weight is 332 g/mol. The minimum Gasteiger partial charge on any atom is -0.489 e. The van der Waals surface area contributed by atoms with E-state index in [0.29, 0.717) is 13.2 Å². The number of nitrogens with two attached hydrogens (primary N) is 1. The number of nitrogens with zero attached hydrogens (tertiary/aromatic N) is 1. The highest BCUT2D eigenvalue weighted by Gasteiger charge is 1.99. The Kier molecular flexibility index (Phi) is 5.67. The Bertz CT molecular complexity index is 798. The maximum Gasteiger partial charge on any atom is 0.119 e. The number of benzene rings is 3. The fourth-order valence-electron chi connectivity index (χ4n) is 2.33. The van der Waals surface area contributed by atoms with Crippen LogP contribution < -0.4 is 15.3 Å². The quantitative estimate of drug-likeness (QED) is 0.402. The maximum atomic E-state index is 5.78. The number of rotatable bonds is 7. The van der Waals surface area contributed by atoms with E-state index in [4.69, 9.17) is 15.3 Å². The third-order valence-electron chi connectivity index (χ3n) is 3.68. The van der Waals surface area contributed by atoms with Gasteiger partial charge in [0.25, 0.3) is 0 Å². The van der Waals surface area contributed by atoms with Crippen LogP contribution in [0.2, 0.25) is 0 Å². The summed E-state index contributed by atoms with van der Waals surface area (Å²) in [6.45, 7) is 1.07. The molecule has 0 heterocycles. The average Bonchev–Trinajstić information content (AvgIpc) is 2.68. The van der Waals surface area contributed by atoms with Crippen LogP contribution in [0.1, 0.15) is 16.7 Å². The molecule has 0 saturated heterocycles. The fraction of sp³-hybridized carbons (Fsp3) is 0.0952. The second kappa shape index (κ2) is 8.55. The lowest BCUT2D eigenvalue weighted by molar-refractivity contribution is 0.301. The molecule has 3 aromatic carbocycles. The molecular formula is C21H20N2O2. The molecule has 126 valence electrons. The van der Waals surface area contributed by atoms with Crippen molar-refractivity contribution in [3.05, 3.63) is 95.6 Å². The summed E-state index contributed by atoms with van der Waals surface area (Å²) in [5.74, 6) is 6.78. The van der Waals surface area contributed by atoms with Crippen molar-refractivity contribution in [2.45, 2.75) is 13.2 Å². The van der Waals surface area contributed by atoms with Crippen LogP contribution in [0.4, 0.5) is 0 Å². The molecule has 0 spiro atoms. The highest BCUT2D eigenvalue weighted by Crippen LogP contribution is 2.17. The van der Waals surface area contributed by atoms with Crippen LogP contribution in [-0.4, -0.2) is 6.21 Å². The summed E-state index contributed by atoms with van der Waals surface area (Å²) >= 11 is 0. The van der Waals surface area contributed by atoms with Gasteiger partial charge in [-0.3, -0.25) is 0 Å². The van der Waals surface area contributed by atoms with Crippen molar-refractivity contribution in [1.82, 2.24) is 0 Å². The van der Waals surface area contributed by atoms with E-state index in [-0.39, 0.29) is 0 Å². The molecule has 0 saturated carbocycles. The van der Waals surface area contributed by atoms with Crippen LogP contribution in [0.3, 0.4) is 0 Å². The second-order valence-electron chi connectivity index (χ2n) is 5.55. The van der Waals surface area contributed by atoms with Gasteiger partial charge in [0.15, 0.2) is 0 Å². The van der Waals surface area contributed by atoms with E-state index in [1.807, 2.05) is 78.9 Å². The zero-order valence-electron chi connectivity index (χ0n) is 13.8. The summed E-state index contributed by atoms with van der Waals surface area (Å²) < 4.78 is 11.6. The minimum atomic E-state index is 0.503. The van der Waals surface area contributed by atoms with Gasteiger partial charge in [0, 0.05) is 0 Å². The molecule has 0 radical (unpaired) electrons. The number of hydrogen-bond acceptors (Lipinski definition) is 4. The molecule has 0 amide bonds. The third kappa shape index (κ3) is 5.11. The Hall–Kier alpha value is -3.27. The van der Waals surface area contributed by atoms with Crippen molar-refractivity contribution in [3.8, 4) is 11.5 Å². The second-order valence-corrected chi connectivity index (χ2v) is 5.55. The van der Waals surface area contributed by atoms with Crippen LogP contribution in [-0.2, 0) is 13.2 Å². The van der Waals surface area contributed by atoms with Crippen LogP contribution >= 0.6 is 0 Å². The zero-order chi connectivity index (χ0) is 17.3. The van der Waals surface area contributed by atoms with Crippen LogP contribution in [0.15, 0.2) is 84.0 Å². The molecule has 3 aromatic rings. The van der Waals surface area contributed by atoms with Crippen LogP contribution in [0, 0.1) is 0 Å². The Morgan fingerprint density at radius 1 is 0.680 bits per heavy atom. The molecule has 0 aliphatic heterocycles. The normalized spacial score (nSPS) is 10.7. The molecule has 0 aromatic heterocycles. The van der Waals surface area contributed by atoms with Gasteiger partial charge in [-0.2, -0.15) is 5.10 Å². The van der Waals surface area contributed by atoms with Crippen molar-refractivity contribution in [1.29, 1.82) is 0 Å². The number of hydrogen-bond donors (Lipinski definition) is 1. The summed E-state index contributed by atoms with van der Waals surface area (Å²) in [6, 6.07) is 25.7. The predicted molar refractivity (Wildman–Crippen MR) is 99.8 cm³/mol. The summed E-state index contributed by atoms with van der Waals surface area (Å²) in [7, 11) is 0. The molecular weight excluding hydrogens is 312 g/mol. The van der Waals surface area contributed by atoms with Crippen molar-refractivity contribution >= 4 is 6.21 Å². The monoisotopic (exact) mass is 332 g/mol. The summed E-state index contributed by atoms with van der Waals surface area (Å²) in [6.07, 6.45) is 1.60. The molecule has 4 nitrogen and oxygen atoms in total. The smallest absolute Gasteiger partial charge is 0.119 e. The number of hydrazone groups is 1. The predicted octanol–water partition coefficient (Wildman–Crippen LogP) is 4.14. The van der Waals surface area contributed by atoms with E-state index in [2.05, 4.69) is 5.10 Å². The molecule has 0 atom stereocenters. The van der Waals surface area contributed by atoms with Gasteiger partial charge in [0.1, 0.15) is 24.7 Å². The standard InChI is InChI=1S/C21H20N2O2/c22-23-14-17-6-10-20(11-7-17)25-16-19-8-12-21(13-9-19)24-15-18-4-2-1-3-5-18/h1-14H,15-16,22H2. The van der Waals surface area contributed by atoms with Crippen LogP contribution in [0.5, 0.6) is 11.5 Å². The lowest BCUT2D eigenvalue weighted by Gasteiger charge is -2.09. The largest absolute Gasteiger partial charge is 0.489 e. The molecule has 0 aliphatic carbocycles. The molecule has 0 aliphatic rings. The SMILES string of the molecule is NN=Cc1ccc(OCc2ccc(OCc3ccccc3)cc2)cc1. The Balaban J connectivity index is 1.50. The van der Waals surface area contributed by atoms with E-state index in [0.717, 1.165) is 28.2 Å². The first kappa shape index (κ1) is 16.6. The minimum absolute atomic E-state index is 0.503. The molecule has 25 heavy (non-hydrogen) atoms. The highest BCUT2D eigenvalue weighted by atomic mass is 16.5. The lowest BCUT2D eigenvalue weighted by Crippen LogP contribution is -1.97. The molecule has 0 fully saturated rings. The Labute approximate surface area is 147 Å². The van der Waals surface area contributed by atoms with Crippen molar-refractivity contribution in [2.75, 3.05) is 0 Å². The van der Waals surface area contributed by atoms with Gasteiger partial charge in [-0.1, -0.05) is 42.5 Å².